The first-order chi connectivity index (χ1) is 8.81. The van der Waals surface area contributed by atoms with E-state index in [1.165, 1.54) is 19.5 Å². The van der Waals surface area contributed by atoms with E-state index in [1.54, 1.807) is 11.9 Å². The van der Waals surface area contributed by atoms with E-state index < -0.39 is 11.7 Å². The summed E-state index contributed by atoms with van der Waals surface area (Å²) in [5.41, 5.74) is -0.727. The van der Waals surface area contributed by atoms with Crippen molar-refractivity contribution >= 4 is 12.0 Å². The second-order valence-electron chi connectivity index (χ2n) is 4.38. The summed E-state index contributed by atoms with van der Waals surface area (Å²) in [5, 5.41) is 0. The highest BCUT2D eigenvalue weighted by molar-refractivity contribution is 5.82. The Kier molecular flexibility index (Phi) is 4.91. The molecule has 1 aromatic rings. The number of hydrogen-bond acceptors (Lipinski definition) is 3. The molecule has 19 heavy (non-hydrogen) atoms. The number of rotatable bonds is 4. The van der Waals surface area contributed by atoms with Gasteiger partial charge in [-0.05, 0) is 19.4 Å². The molecule has 1 rings (SSSR count). The van der Waals surface area contributed by atoms with Gasteiger partial charge in [-0.1, -0.05) is 6.92 Å². The van der Waals surface area contributed by atoms with E-state index in [4.69, 9.17) is 0 Å². The lowest BCUT2D eigenvalue weighted by Gasteiger charge is -2.25. The molecule has 0 aliphatic heterocycles. The molecule has 0 saturated carbocycles. The van der Waals surface area contributed by atoms with Crippen LogP contribution in [-0.4, -0.2) is 31.3 Å². The number of pyridine rings is 1. The third-order valence-corrected chi connectivity index (χ3v) is 3.11. The maximum Gasteiger partial charge on any atom is 0.417 e. The third-order valence-electron chi connectivity index (χ3n) is 3.11. The summed E-state index contributed by atoms with van der Waals surface area (Å²) < 4.78 is 39.0. The Morgan fingerprint density at radius 2 is 2.11 bits per heavy atom. The molecule has 0 saturated heterocycles. The number of hydrogen-bond donors (Lipinski definition) is 0. The van der Waals surface area contributed by atoms with Crippen molar-refractivity contribution in [1.29, 1.82) is 0 Å². The van der Waals surface area contributed by atoms with Crippen molar-refractivity contribution in [2.45, 2.75) is 32.5 Å². The molecule has 0 radical (unpaired) electrons. The maximum absolute atomic E-state index is 13.0. The Labute approximate surface area is 111 Å². The van der Waals surface area contributed by atoms with Gasteiger partial charge >= 0.3 is 6.18 Å². The van der Waals surface area contributed by atoms with Gasteiger partial charge in [0.15, 0.2) is 0 Å². The Balaban J connectivity index is 3.26. The van der Waals surface area contributed by atoms with Crippen molar-refractivity contribution < 1.29 is 13.2 Å². The van der Waals surface area contributed by atoms with Crippen LogP contribution in [0.4, 0.5) is 19.0 Å². The van der Waals surface area contributed by atoms with Gasteiger partial charge in [0.2, 0.25) is 0 Å². The molecular weight excluding hydrogens is 255 g/mol. The van der Waals surface area contributed by atoms with Crippen molar-refractivity contribution in [2.75, 3.05) is 19.0 Å². The number of aromatic nitrogens is 1. The highest BCUT2D eigenvalue weighted by atomic mass is 19.4. The van der Waals surface area contributed by atoms with E-state index in [9.17, 15) is 13.2 Å². The monoisotopic (exact) mass is 273 g/mol. The van der Waals surface area contributed by atoms with Crippen LogP contribution in [0.25, 0.3) is 0 Å². The minimum absolute atomic E-state index is 0.0173. The topological polar surface area (TPSA) is 28.5 Å². The van der Waals surface area contributed by atoms with Gasteiger partial charge in [-0.25, -0.2) is 4.98 Å². The normalized spacial score (nSPS) is 13.8. The van der Waals surface area contributed by atoms with Gasteiger partial charge in [-0.3, -0.25) is 4.99 Å². The van der Waals surface area contributed by atoms with Gasteiger partial charge in [-0.15, -0.1) is 0 Å². The van der Waals surface area contributed by atoms with Crippen molar-refractivity contribution in [3.63, 3.8) is 0 Å². The van der Waals surface area contributed by atoms with Crippen LogP contribution in [0.15, 0.2) is 17.3 Å². The first kappa shape index (κ1) is 15.5. The molecule has 1 aromatic heterocycles. The van der Waals surface area contributed by atoms with Crippen LogP contribution in [0.3, 0.4) is 0 Å². The molecule has 0 spiro atoms. The van der Waals surface area contributed by atoms with Gasteiger partial charge in [-0.2, -0.15) is 13.2 Å². The summed E-state index contributed by atoms with van der Waals surface area (Å²) in [5.74, 6) is 0.315. The fourth-order valence-corrected chi connectivity index (χ4v) is 1.63. The fraction of sp³-hybridized carbons (Fsp3) is 0.538. The zero-order chi connectivity index (χ0) is 14.6. The molecule has 1 unspecified atom stereocenters. The van der Waals surface area contributed by atoms with Crippen molar-refractivity contribution in [2.24, 2.45) is 4.99 Å². The lowest BCUT2D eigenvalue weighted by atomic mass is 10.1. The van der Waals surface area contributed by atoms with E-state index >= 15 is 0 Å². The zero-order valence-corrected chi connectivity index (χ0v) is 11.5. The smallest absolute Gasteiger partial charge is 0.357 e. The first-order valence-corrected chi connectivity index (χ1v) is 6.03. The van der Waals surface area contributed by atoms with Crippen molar-refractivity contribution in [3.8, 4) is 0 Å². The van der Waals surface area contributed by atoms with Crippen LogP contribution in [0.2, 0.25) is 0 Å². The van der Waals surface area contributed by atoms with E-state index in [0.29, 0.717) is 5.82 Å². The standard InChI is InChI=1S/C13H18F3N3/c1-5-9(2)19(4)12-6-11(13(14,15)16)10(7-17-3)8-18-12/h6-9H,5H2,1-4H3. The Hall–Kier alpha value is -1.59. The third kappa shape index (κ3) is 3.68. The summed E-state index contributed by atoms with van der Waals surface area (Å²) in [6.07, 6.45) is -1.20. The number of alkyl halides is 3. The van der Waals surface area contributed by atoms with Gasteiger partial charge in [0.05, 0.1) is 5.56 Å². The van der Waals surface area contributed by atoms with Gasteiger partial charge in [0.25, 0.3) is 0 Å². The van der Waals surface area contributed by atoms with Crippen LogP contribution < -0.4 is 4.90 Å². The zero-order valence-electron chi connectivity index (χ0n) is 11.5. The highest BCUT2D eigenvalue weighted by Gasteiger charge is 2.34. The lowest BCUT2D eigenvalue weighted by Crippen LogP contribution is -2.29. The number of nitrogens with zero attached hydrogens (tertiary/aromatic N) is 3. The maximum atomic E-state index is 13.0. The molecule has 0 aromatic carbocycles. The number of aliphatic imine (C=N–C) groups is 1. The molecule has 0 N–H and O–H groups in total. The molecule has 0 fully saturated rings. The molecule has 1 heterocycles. The molecule has 0 bridgehead atoms. The number of halogens is 3. The van der Waals surface area contributed by atoms with Crippen LogP contribution in [0, 0.1) is 0 Å². The fourth-order valence-electron chi connectivity index (χ4n) is 1.63. The molecule has 0 amide bonds. The highest BCUT2D eigenvalue weighted by Crippen LogP contribution is 2.33. The summed E-state index contributed by atoms with van der Waals surface area (Å²) in [7, 11) is 3.17. The average Bonchev–Trinajstić information content (AvgIpc) is 2.36. The van der Waals surface area contributed by atoms with Crippen LogP contribution >= 0.6 is 0 Å². The van der Waals surface area contributed by atoms with Crippen LogP contribution in [0.1, 0.15) is 31.4 Å². The van der Waals surface area contributed by atoms with Crippen molar-refractivity contribution in [1.82, 2.24) is 4.98 Å². The van der Waals surface area contributed by atoms with Crippen LogP contribution in [-0.2, 0) is 6.18 Å². The predicted molar refractivity (Wildman–Crippen MR) is 70.9 cm³/mol. The first-order valence-electron chi connectivity index (χ1n) is 6.03. The van der Waals surface area contributed by atoms with Crippen LogP contribution in [0.5, 0.6) is 0 Å². The lowest BCUT2D eigenvalue weighted by molar-refractivity contribution is -0.137. The van der Waals surface area contributed by atoms with E-state index in [-0.39, 0.29) is 11.6 Å². The Bertz CT molecular complexity index is 455. The van der Waals surface area contributed by atoms with E-state index in [1.807, 2.05) is 13.8 Å². The molecule has 0 aliphatic rings. The second-order valence-corrected chi connectivity index (χ2v) is 4.38. The Morgan fingerprint density at radius 3 is 2.58 bits per heavy atom. The SMILES string of the molecule is CCC(C)N(C)c1cc(C(F)(F)F)c(C=NC)cn1. The largest absolute Gasteiger partial charge is 0.417 e. The summed E-state index contributed by atoms with van der Waals surface area (Å²) in [4.78, 5) is 9.44. The molecular formula is C13H18F3N3. The Morgan fingerprint density at radius 1 is 1.47 bits per heavy atom. The van der Waals surface area contributed by atoms with E-state index in [2.05, 4.69) is 9.98 Å². The predicted octanol–water partition coefficient (Wildman–Crippen LogP) is 3.38. The molecule has 6 heteroatoms. The van der Waals surface area contributed by atoms with Gasteiger partial charge < -0.3 is 4.90 Å². The van der Waals surface area contributed by atoms with E-state index in [0.717, 1.165) is 12.5 Å². The van der Waals surface area contributed by atoms with Crippen molar-refractivity contribution in [3.05, 3.63) is 23.4 Å². The molecule has 106 valence electrons. The molecule has 1 atom stereocenters. The quantitative estimate of drug-likeness (QED) is 0.787. The average molecular weight is 273 g/mol. The van der Waals surface area contributed by atoms with Gasteiger partial charge in [0.1, 0.15) is 5.82 Å². The minimum Gasteiger partial charge on any atom is -0.357 e. The molecule has 0 aliphatic carbocycles. The summed E-state index contributed by atoms with van der Waals surface area (Å²) in [6, 6.07) is 1.20. The summed E-state index contributed by atoms with van der Waals surface area (Å²) >= 11 is 0. The summed E-state index contributed by atoms with van der Waals surface area (Å²) in [6.45, 7) is 3.92. The van der Waals surface area contributed by atoms with Gasteiger partial charge in [0, 0.05) is 38.1 Å². The minimum atomic E-state index is -4.41. The number of anilines is 1. The second kappa shape index (κ2) is 6.04. The molecule has 3 nitrogen and oxygen atoms in total.